The smallest absolute Gasteiger partial charge is 0.0805 e. The summed E-state index contributed by atoms with van der Waals surface area (Å²) in [6, 6.07) is 2.16. The van der Waals surface area contributed by atoms with Crippen LogP contribution in [0.2, 0.25) is 0 Å². The van der Waals surface area contributed by atoms with Gasteiger partial charge in [-0.15, -0.1) is 0 Å². The summed E-state index contributed by atoms with van der Waals surface area (Å²) in [5, 5.41) is 19.0. The summed E-state index contributed by atoms with van der Waals surface area (Å²) in [6.45, 7) is 6.21. The van der Waals surface area contributed by atoms with Crippen molar-refractivity contribution >= 4 is 0 Å². The second kappa shape index (κ2) is 3.67. The fraction of sp³-hybridized carbons (Fsp3) is 0.909. The second-order valence-corrected chi connectivity index (χ2v) is 4.65. The van der Waals surface area contributed by atoms with Gasteiger partial charge in [-0.2, -0.15) is 5.26 Å². The predicted octanol–water partition coefficient (Wildman–Crippen LogP) is 2.33. The minimum absolute atomic E-state index is 0.234. The van der Waals surface area contributed by atoms with Crippen LogP contribution >= 0.6 is 0 Å². The third kappa shape index (κ3) is 2.03. The number of nitriles is 1. The first kappa shape index (κ1) is 10.5. The quantitative estimate of drug-likeness (QED) is 0.674. The highest BCUT2D eigenvalue weighted by Crippen LogP contribution is 2.39. The molecule has 0 aliphatic heterocycles. The van der Waals surface area contributed by atoms with Crippen LogP contribution in [0.25, 0.3) is 0 Å². The molecular formula is C11H19NO. The van der Waals surface area contributed by atoms with Crippen molar-refractivity contribution < 1.29 is 5.11 Å². The molecular weight excluding hydrogens is 162 g/mol. The van der Waals surface area contributed by atoms with E-state index in [-0.39, 0.29) is 5.92 Å². The molecule has 0 radical (unpaired) electrons. The van der Waals surface area contributed by atoms with Crippen molar-refractivity contribution in [1.29, 1.82) is 5.26 Å². The average Bonchev–Trinajstić information content (AvgIpc) is 2.11. The van der Waals surface area contributed by atoms with Crippen LogP contribution in [0.3, 0.4) is 0 Å². The fourth-order valence-corrected chi connectivity index (χ4v) is 2.14. The summed E-state index contributed by atoms with van der Waals surface area (Å²) >= 11 is 0. The summed E-state index contributed by atoms with van der Waals surface area (Å²) in [7, 11) is 0. The number of hydrogen-bond acceptors (Lipinski definition) is 2. The average molecular weight is 181 g/mol. The molecule has 1 fully saturated rings. The highest BCUT2D eigenvalue weighted by molar-refractivity contribution is 4.99. The van der Waals surface area contributed by atoms with Gasteiger partial charge >= 0.3 is 0 Å². The second-order valence-electron chi connectivity index (χ2n) is 4.65. The lowest BCUT2D eigenvalue weighted by molar-refractivity contribution is -0.0536. The van der Waals surface area contributed by atoms with E-state index in [0.717, 1.165) is 19.3 Å². The third-order valence-electron chi connectivity index (χ3n) is 3.68. The van der Waals surface area contributed by atoms with Gasteiger partial charge < -0.3 is 5.11 Å². The van der Waals surface area contributed by atoms with Crippen molar-refractivity contribution in [1.82, 2.24) is 0 Å². The first-order valence-electron chi connectivity index (χ1n) is 5.11. The Kier molecular flexibility index (Phi) is 2.98. The molecule has 0 saturated heterocycles. The monoisotopic (exact) mass is 181 g/mol. The van der Waals surface area contributed by atoms with E-state index in [0.29, 0.717) is 11.8 Å². The standard InChI is InChI=1S/C11H19NO/c1-8-4-5-11(13,6-9(8)2)10(3)7-12/h8-10,13H,4-6H2,1-3H3. The fourth-order valence-electron chi connectivity index (χ4n) is 2.14. The summed E-state index contributed by atoms with van der Waals surface area (Å²) in [5.41, 5.74) is -0.722. The minimum Gasteiger partial charge on any atom is -0.389 e. The highest BCUT2D eigenvalue weighted by Gasteiger charge is 2.40. The molecule has 1 aliphatic rings. The van der Waals surface area contributed by atoms with Gasteiger partial charge in [-0.05, 0) is 38.0 Å². The van der Waals surface area contributed by atoms with Gasteiger partial charge in [0.25, 0.3) is 0 Å². The Bertz CT molecular complexity index is 221. The Hall–Kier alpha value is -0.550. The van der Waals surface area contributed by atoms with Gasteiger partial charge in [0.15, 0.2) is 0 Å². The summed E-state index contributed by atoms with van der Waals surface area (Å²) in [4.78, 5) is 0. The molecule has 1 rings (SSSR count). The molecule has 4 atom stereocenters. The van der Waals surface area contributed by atoms with E-state index in [9.17, 15) is 5.11 Å². The van der Waals surface area contributed by atoms with Crippen molar-refractivity contribution in [2.45, 2.75) is 45.6 Å². The van der Waals surface area contributed by atoms with E-state index < -0.39 is 5.60 Å². The summed E-state index contributed by atoms with van der Waals surface area (Å²) < 4.78 is 0. The van der Waals surface area contributed by atoms with Crippen molar-refractivity contribution in [3.63, 3.8) is 0 Å². The maximum Gasteiger partial charge on any atom is 0.0805 e. The predicted molar refractivity (Wildman–Crippen MR) is 51.9 cm³/mol. The Balaban J connectivity index is 2.68. The highest BCUT2D eigenvalue weighted by atomic mass is 16.3. The third-order valence-corrected chi connectivity index (χ3v) is 3.68. The molecule has 1 aliphatic carbocycles. The van der Waals surface area contributed by atoms with Gasteiger partial charge in [-0.1, -0.05) is 13.8 Å². The normalized spacial score (nSPS) is 42.4. The van der Waals surface area contributed by atoms with Gasteiger partial charge in [0.1, 0.15) is 0 Å². The first-order chi connectivity index (χ1) is 5.99. The van der Waals surface area contributed by atoms with Crippen LogP contribution in [0, 0.1) is 29.1 Å². The Morgan fingerprint density at radius 3 is 2.54 bits per heavy atom. The van der Waals surface area contributed by atoms with Crippen LogP contribution in [0.15, 0.2) is 0 Å². The van der Waals surface area contributed by atoms with E-state index in [1.54, 1.807) is 0 Å². The van der Waals surface area contributed by atoms with Crippen molar-refractivity contribution in [3.05, 3.63) is 0 Å². The van der Waals surface area contributed by atoms with Crippen LogP contribution in [0.5, 0.6) is 0 Å². The lowest BCUT2D eigenvalue weighted by atomic mass is 9.69. The first-order valence-corrected chi connectivity index (χ1v) is 5.11. The minimum atomic E-state index is -0.722. The topological polar surface area (TPSA) is 44.0 Å². The summed E-state index contributed by atoms with van der Waals surface area (Å²) in [6.07, 6.45) is 2.61. The van der Waals surface area contributed by atoms with Gasteiger partial charge in [-0.25, -0.2) is 0 Å². The van der Waals surface area contributed by atoms with E-state index in [1.807, 2.05) is 6.92 Å². The molecule has 74 valence electrons. The van der Waals surface area contributed by atoms with E-state index >= 15 is 0 Å². The van der Waals surface area contributed by atoms with E-state index in [4.69, 9.17) is 5.26 Å². The molecule has 0 bridgehead atoms. The van der Waals surface area contributed by atoms with Crippen LogP contribution in [-0.2, 0) is 0 Å². The van der Waals surface area contributed by atoms with Gasteiger partial charge in [0, 0.05) is 0 Å². The lowest BCUT2D eigenvalue weighted by Crippen LogP contribution is -2.42. The van der Waals surface area contributed by atoms with Crippen LogP contribution in [0.1, 0.15) is 40.0 Å². The van der Waals surface area contributed by atoms with Crippen molar-refractivity contribution in [2.75, 3.05) is 0 Å². The molecule has 4 unspecified atom stereocenters. The maximum absolute atomic E-state index is 10.2. The zero-order valence-corrected chi connectivity index (χ0v) is 8.75. The number of nitrogens with zero attached hydrogens (tertiary/aromatic N) is 1. The Morgan fingerprint density at radius 2 is 2.08 bits per heavy atom. The van der Waals surface area contributed by atoms with Crippen molar-refractivity contribution in [2.24, 2.45) is 17.8 Å². The molecule has 2 nitrogen and oxygen atoms in total. The zero-order chi connectivity index (χ0) is 10.1. The number of aliphatic hydroxyl groups is 1. The molecule has 0 aromatic carbocycles. The van der Waals surface area contributed by atoms with Gasteiger partial charge in [0.05, 0.1) is 17.6 Å². The molecule has 0 aromatic heterocycles. The lowest BCUT2D eigenvalue weighted by Gasteiger charge is -2.40. The molecule has 1 N–H and O–H groups in total. The van der Waals surface area contributed by atoms with E-state index in [1.165, 1.54) is 0 Å². The molecule has 0 aromatic rings. The SMILES string of the molecule is CC1CCC(O)(C(C)C#N)CC1C. The zero-order valence-electron chi connectivity index (χ0n) is 8.75. The van der Waals surface area contributed by atoms with Crippen LogP contribution in [-0.4, -0.2) is 10.7 Å². The van der Waals surface area contributed by atoms with Crippen molar-refractivity contribution in [3.8, 4) is 6.07 Å². The maximum atomic E-state index is 10.2. The molecule has 13 heavy (non-hydrogen) atoms. The van der Waals surface area contributed by atoms with Gasteiger partial charge in [0.2, 0.25) is 0 Å². The van der Waals surface area contributed by atoms with Crippen LogP contribution in [0.4, 0.5) is 0 Å². The number of rotatable bonds is 1. The molecule has 1 saturated carbocycles. The van der Waals surface area contributed by atoms with Crippen LogP contribution < -0.4 is 0 Å². The largest absolute Gasteiger partial charge is 0.389 e. The Morgan fingerprint density at radius 1 is 1.46 bits per heavy atom. The number of hydrogen-bond donors (Lipinski definition) is 1. The summed E-state index contributed by atoms with van der Waals surface area (Å²) in [5.74, 6) is 0.989. The van der Waals surface area contributed by atoms with Gasteiger partial charge in [-0.3, -0.25) is 0 Å². The molecule has 0 amide bonds. The Labute approximate surface area is 80.6 Å². The van der Waals surface area contributed by atoms with E-state index in [2.05, 4.69) is 19.9 Å². The molecule has 2 heteroatoms. The molecule has 0 spiro atoms. The molecule has 0 heterocycles.